The molecule has 0 aliphatic heterocycles. The number of aryl methyl sites for hydroxylation is 1. The molecule has 13 heavy (non-hydrogen) atoms. The van der Waals surface area contributed by atoms with E-state index in [4.69, 9.17) is 17.3 Å². The summed E-state index contributed by atoms with van der Waals surface area (Å²) < 4.78 is 2.04. The molecule has 0 amide bonds. The number of nitrogens with one attached hydrogen (secondary N) is 1. The fourth-order valence-corrected chi connectivity index (χ4v) is 2.36. The van der Waals surface area contributed by atoms with Crippen LogP contribution in [0.4, 0.5) is 0 Å². The summed E-state index contributed by atoms with van der Waals surface area (Å²) in [6.07, 6.45) is 0. The van der Waals surface area contributed by atoms with Crippen LogP contribution in [0.1, 0.15) is 15.4 Å². The van der Waals surface area contributed by atoms with E-state index in [2.05, 4.69) is 10.2 Å². The van der Waals surface area contributed by atoms with Gasteiger partial charge in [0, 0.05) is 5.69 Å². The highest BCUT2D eigenvalue weighted by Gasteiger charge is 2.15. The van der Waals surface area contributed by atoms with Crippen molar-refractivity contribution in [1.29, 1.82) is 0 Å². The lowest BCUT2D eigenvalue weighted by atomic mass is 10.4. The van der Waals surface area contributed by atoms with E-state index in [0.29, 0.717) is 15.4 Å². The third-order valence-corrected chi connectivity index (χ3v) is 3.10. The van der Waals surface area contributed by atoms with Crippen molar-refractivity contribution in [3.63, 3.8) is 0 Å². The van der Waals surface area contributed by atoms with E-state index >= 15 is 0 Å². The molecule has 0 aliphatic carbocycles. The Bertz CT molecular complexity index is 536. The first-order valence-electron chi connectivity index (χ1n) is 3.41. The molecule has 0 bridgehead atoms. The number of hydrogen-bond acceptors (Lipinski definition) is 4. The second-order valence-electron chi connectivity index (χ2n) is 2.47. The highest BCUT2D eigenvalue weighted by Crippen LogP contribution is 2.21. The van der Waals surface area contributed by atoms with Gasteiger partial charge in [-0.2, -0.15) is 0 Å². The smallest absolute Gasteiger partial charge is 0.347 e. The summed E-state index contributed by atoms with van der Waals surface area (Å²) in [6, 6.07) is 0. The van der Waals surface area contributed by atoms with Crippen molar-refractivity contribution in [2.45, 2.75) is 6.92 Å². The lowest BCUT2D eigenvalue weighted by molar-refractivity contribution is 0.0701. The Morgan fingerprint density at radius 2 is 2.46 bits per heavy atom. The van der Waals surface area contributed by atoms with Crippen LogP contribution >= 0.6 is 23.6 Å². The van der Waals surface area contributed by atoms with Crippen LogP contribution in [0.25, 0.3) is 4.96 Å². The molecule has 0 fully saturated rings. The molecule has 2 N–H and O–H groups in total. The summed E-state index contributed by atoms with van der Waals surface area (Å²) >= 11 is 6.04. The predicted octanol–water partition coefficient (Wildman–Crippen LogP) is 1.46. The molecule has 0 saturated heterocycles. The maximum Gasteiger partial charge on any atom is 0.347 e. The molecular formula is C6H5N3O2S2. The highest BCUT2D eigenvalue weighted by atomic mass is 32.1. The van der Waals surface area contributed by atoms with Gasteiger partial charge in [-0.1, -0.05) is 11.3 Å². The van der Waals surface area contributed by atoms with E-state index in [-0.39, 0.29) is 4.88 Å². The zero-order valence-corrected chi connectivity index (χ0v) is 8.20. The van der Waals surface area contributed by atoms with Crippen LogP contribution in [0.15, 0.2) is 0 Å². The SMILES string of the molecule is Cc1c(C(=O)O)sc2n[nH]c(=S)n12. The first-order valence-corrected chi connectivity index (χ1v) is 4.63. The van der Waals surface area contributed by atoms with Crippen LogP contribution in [-0.2, 0) is 0 Å². The third-order valence-electron chi connectivity index (χ3n) is 1.69. The van der Waals surface area contributed by atoms with Crippen LogP contribution in [-0.4, -0.2) is 25.7 Å². The van der Waals surface area contributed by atoms with Gasteiger partial charge in [0.15, 0.2) is 0 Å². The first kappa shape index (κ1) is 8.39. The van der Waals surface area contributed by atoms with Crippen LogP contribution in [0.3, 0.4) is 0 Å². The summed E-state index contributed by atoms with van der Waals surface area (Å²) in [7, 11) is 0. The second-order valence-corrected chi connectivity index (χ2v) is 3.83. The Kier molecular flexibility index (Phi) is 1.70. The van der Waals surface area contributed by atoms with Gasteiger partial charge in [0.2, 0.25) is 9.73 Å². The summed E-state index contributed by atoms with van der Waals surface area (Å²) in [6.45, 7) is 1.71. The quantitative estimate of drug-likeness (QED) is 0.706. The Balaban J connectivity index is 2.90. The molecule has 2 heterocycles. The zero-order valence-electron chi connectivity index (χ0n) is 6.57. The van der Waals surface area contributed by atoms with E-state index in [0.717, 1.165) is 11.3 Å². The molecule has 0 unspecified atom stereocenters. The van der Waals surface area contributed by atoms with Gasteiger partial charge in [0.05, 0.1) is 0 Å². The monoisotopic (exact) mass is 215 g/mol. The van der Waals surface area contributed by atoms with E-state index in [1.807, 2.05) is 0 Å². The van der Waals surface area contributed by atoms with Crippen LogP contribution in [0, 0.1) is 11.7 Å². The predicted molar refractivity (Wildman–Crippen MR) is 50.0 cm³/mol. The molecule has 0 radical (unpaired) electrons. The van der Waals surface area contributed by atoms with Gasteiger partial charge >= 0.3 is 5.97 Å². The summed E-state index contributed by atoms with van der Waals surface area (Å²) in [5, 5.41) is 15.3. The number of carboxylic acids is 1. The average molecular weight is 215 g/mol. The number of aromatic nitrogens is 3. The van der Waals surface area contributed by atoms with Gasteiger partial charge in [-0.25, -0.2) is 4.79 Å². The highest BCUT2D eigenvalue weighted by molar-refractivity contribution is 7.71. The number of thiazole rings is 1. The van der Waals surface area contributed by atoms with Crippen molar-refractivity contribution in [1.82, 2.24) is 14.6 Å². The molecule has 2 rings (SSSR count). The summed E-state index contributed by atoms with van der Waals surface area (Å²) in [4.78, 5) is 11.6. The number of aromatic carboxylic acids is 1. The Hall–Kier alpha value is -1.21. The minimum absolute atomic E-state index is 0.280. The Morgan fingerprint density at radius 3 is 3.00 bits per heavy atom. The maximum absolute atomic E-state index is 10.7. The lowest BCUT2D eigenvalue weighted by Crippen LogP contribution is -1.96. The number of rotatable bonds is 1. The lowest BCUT2D eigenvalue weighted by Gasteiger charge is -1.89. The average Bonchev–Trinajstić information content (AvgIpc) is 2.55. The molecule has 2 aromatic heterocycles. The largest absolute Gasteiger partial charge is 0.477 e. The number of H-pyrrole nitrogens is 1. The van der Waals surface area contributed by atoms with Crippen LogP contribution < -0.4 is 0 Å². The number of fused-ring (bicyclic) bond motifs is 1. The van der Waals surface area contributed by atoms with Crippen molar-refractivity contribution in [2.24, 2.45) is 0 Å². The van der Waals surface area contributed by atoms with Gasteiger partial charge in [0.25, 0.3) is 0 Å². The molecule has 0 spiro atoms. The normalized spacial score (nSPS) is 10.8. The van der Waals surface area contributed by atoms with Crippen LogP contribution in [0.5, 0.6) is 0 Å². The first-order chi connectivity index (χ1) is 6.11. The molecule has 7 heteroatoms. The van der Waals surface area contributed by atoms with E-state index < -0.39 is 5.97 Å². The van der Waals surface area contributed by atoms with E-state index in [1.165, 1.54) is 0 Å². The number of nitrogens with zero attached hydrogens (tertiary/aromatic N) is 2. The molecular weight excluding hydrogens is 210 g/mol. The fourth-order valence-electron chi connectivity index (χ4n) is 1.11. The summed E-state index contributed by atoms with van der Waals surface area (Å²) in [5.74, 6) is -0.942. The minimum atomic E-state index is -0.942. The van der Waals surface area contributed by atoms with Crippen molar-refractivity contribution in [3.05, 3.63) is 15.3 Å². The standard InChI is InChI=1S/C6H5N3O2S2/c1-2-3(4(10)11)13-6-8-7-5(12)9(2)6/h1H3,(H,7,12)(H,10,11). The van der Waals surface area contributed by atoms with Gasteiger partial charge < -0.3 is 5.11 Å². The third kappa shape index (κ3) is 1.08. The van der Waals surface area contributed by atoms with E-state index in [9.17, 15) is 4.79 Å². The summed E-state index contributed by atoms with van der Waals surface area (Å²) in [5.41, 5.74) is 0.617. The zero-order chi connectivity index (χ0) is 9.59. The molecule has 0 atom stereocenters. The van der Waals surface area contributed by atoms with Crippen molar-refractivity contribution >= 4 is 34.5 Å². The van der Waals surface area contributed by atoms with Crippen LogP contribution in [0.2, 0.25) is 0 Å². The molecule has 0 aromatic carbocycles. The van der Waals surface area contributed by atoms with E-state index in [1.54, 1.807) is 11.3 Å². The fraction of sp³-hybridized carbons (Fsp3) is 0.167. The molecule has 0 saturated carbocycles. The number of carbonyl (C=O) groups is 1. The van der Waals surface area contributed by atoms with Crippen molar-refractivity contribution < 1.29 is 9.90 Å². The Labute approximate surface area is 81.6 Å². The van der Waals surface area contributed by atoms with Gasteiger partial charge in [-0.15, -0.1) is 5.10 Å². The number of aromatic amines is 1. The molecule has 0 aliphatic rings. The topological polar surface area (TPSA) is 70.4 Å². The second kappa shape index (κ2) is 2.64. The molecule has 5 nitrogen and oxygen atoms in total. The number of hydrogen-bond donors (Lipinski definition) is 2. The van der Waals surface area contributed by atoms with Gasteiger partial charge in [0.1, 0.15) is 4.88 Å². The number of carboxylic acid groups (broad SMARTS) is 1. The van der Waals surface area contributed by atoms with Crippen molar-refractivity contribution in [2.75, 3.05) is 0 Å². The molecule has 68 valence electrons. The minimum Gasteiger partial charge on any atom is -0.477 e. The maximum atomic E-state index is 10.7. The Morgan fingerprint density at radius 1 is 1.77 bits per heavy atom. The van der Waals surface area contributed by atoms with Gasteiger partial charge in [-0.05, 0) is 19.1 Å². The van der Waals surface area contributed by atoms with Gasteiger partial charge in [-0.3, -0.25) is 9.50 Å². The molecule has 2 aromatic rings. The van der Waals surface area contributed by atoms with Crippen molar-refractivity contribution in [3.8, 4) is 0 Å².